The van der Waals surface area contributed by atoms with Crippen molar-refractivity contribution in [3.8, 4) is 0 Å². The molecule has 9 heteroatoms. The average molecular weight is 383 g/mol. The summed E-state index contributed by atoms with van der Waals surface area (Å²) in [5.74, 6) is -0.232. The number of carbonyl (C=O) groups is 1. The van der Waals surface area contributed by atoms with Crippen LogP contribution in [0.15, 0.2) is 24.3 Å². The molecule has 1 aromatic rings. The summed E-state index contributed by atoms with van der Waals surface area (Å²) in [6, 6.07) is 5.59. The van der Waals surface area contributed by atoms with Gasteiger partial charge in [-0.05, 0) is 18.6 Å². The molecule has 2 N–H and O–H groups in total. The second-order valence-corrected chi connectivity index (χ2v) is 7.32. The number of nitrogens with zero attached hydrogens (tertiary/aromatic N) is 1. The van der Waals surface area contributed by atoms with Crippen LogP contribution < -0.4 is 10.6 Å². The maximum atomic E-state index is 11.9. The molecule has 0 aliphatic carbocycles. The molecule has 0 saturated heterocycles. The van der Waals surface area contributed by atoms with Crippen molar-refractivity contribution in [1.29, 1.82) is 0 Å². The topological polar surface area (TPSA) is 84.3 Å². The smallest absolute Gasteiger partial charge is 0.269 e. The van der Waals surface area contributed by atoms with Gasteiger partial charge in [0.1, 0.15) is 6.17 Å². The molecule has 0 saturated carbocycles. The number of amides is 1. The van der Waals surface area contributed by atoms with Crippen molar-refractivity contribution in [3.63, 3.8) is 0 Å². The van der Waals surface area contributed by atoms with Gasteiger partial charge in [-0.1, -0.05) is 54.6 Å². The van der Waals surface area contributed by atoms with Crippen molar-refractivity contribution in [1.82, 2.24) is 5.32 Å². The maximum absolute atomic E-state index is 11.9. The summed E-state index contributed by atoms with van der Waals surface area (Å²) in [5, 5.41) is 16.1. The number of nitro benzene ring substituents is 1. The highest BCUT2D eigenvalue weighted by Crippen LogP contribution is 2.31. The zero-order valence-electron chi connectivity index (χ0n) is 12.5. The summed E-state index contributed by atoms with van der Waals surface area (Å²) in [4.78, 5) is 22.0. The highest BCUT2D eigenvalue weighted by Gasteiger charge is 2.34. The third kappa shape index (κ3) is 7.24. The lowest BCUT2D eigenvalue weighted by Gasteiger charge is -2.27. The molecule has 0 fully saturated rings. The molecular weight excluding hydrogens is 365 g/mol. The van der Waals surface area contributed by atoms with Gasteiger partial charge in [-0.2, -0.15) is 0 Å². The van der Waals surface area contributed by atoms with Gasteiger partial charge in [0.25, 0.3) is 5.69 Å². The van der Waals surface area contributed by atoms with Gasteiger partial charge in [-0.25, -0.2) is 0 Å². The van der Waals surface area contributed by atoms with Crippen LogP contribution in [-0.4, -0.2) is 20.8 Å². The first-order chi connectivity index (χ1) is 10.7. The number of alkyl halides is 3. The second-order valence-electron chi connectivity index (χ2n) is 4.95. The predicted octanol–water partition coefficient (Wildman–Crippen LogP) is 4.40. The lowest BCUT2D eigenvalue weighted by atomic mass is 10.2. The quantitative estimate of drug-likeness (QED) is 0.229. The van der Waals surface area contributed by atoms with Gasteiger partial charge < -0.3 is 10.6 Å². The number of benzene rings is 1. The number of halogens is 3. The van der Waals surface area contributed by atoms with Crippen LogP contribution in [0, 0.1) is 10.1 Å². The van der Waals surface area contributed by atoms with Crippen molar-refractivity contribution in [2.75, 3.05) is 5.32 Å². The van der Waals surface area contributed by atoms with E-state index in [-0.39, 0.29) is 11.6 Å². The van der Waals surface area contributed by atoms with E-state index in [0.29, 0.717) is 12.1 Å². The highest BCUT2D eigenvalue weighted by atomic mass is 35.6. The van der Waals surface area contributed by atoms with E-state index in [1.165, 1.54) is 24.3 Å². The minimum atomic E-state index is -1.78. The molecule has 0 spiro atoms. The second kappa shape index (κ2) is 9.15. The molecule has 0 aromatic heterocycles. The van der Waals surface area contributed by atoms with Crippen LogP contribution in [0.5, 0.6) is 0 Å². The van der Waals surface area contributed by atoms with Crippen LogP contribution in [0.25, 0.3) is 0 Å². The van der Waals surface area contributed by atoms with Crippen LogP contribution in [0.4, 0.5) is 11.4 Å². The molecule has 1 aromatic carbocycles. The standard InChI is InChI=1S/C14H18Cl3N3O3/c1-2-3-4-5-12(21)19-13(14(15,16)17)18-10-6-8-11(9-7-10)20(22)23/h6-9,13,18H,2-5H2,1H3,(H,19,21). The normalized spacial score (nSPS) is 12.5. The molecule has 0 bridgehead atoms. The number of hydrogen-bond donors (Lipinski definition) is 2. The van der Waals surface area contributed by atoms with Crippen molar-refractivity contribution >= 4 is 52.1 Å². The fraction of sp³-hybridized carbons (Fsp3) is 0.500. The van der Waals surface area contributed by atoms with E-state index in [0.717, 1.165) is 19.3 Å². The molecule has 0 aliphatic heterocycles. The van der Waals surface area contributed by atoms with Gasteiger partial charge in [0.05, 0.1) is 4.92 Å². The van der Waals surface area contributed by atoms with Crippen LogP contribution in [-0.2, 0) is 4.79 Å². The Balaban J connectivity index is 2.71. The zero-order valence-corrected chi connectivity index (χ0v) is 14.8. The van der Waals surface area contributed by atoms with Gasteiger partial charge in [0.15, 0.2) is 0 Å². The Morgan fingerprint density at radius 2 is 1.87 bits per heavy atom. The molecule has 6 nitrogen and oxygen atoms in total. The summed E-state index contributed by atoms with van der Waals surface area (Å²) in [5.41, 5.74) is 0.436. The van der Waals surface area contributed by atoms with Crippen molar-refractivity contribution in [3.05, 3.63) is 34.4 Å². The van der Waals surface area contributed by atoms with Crippen LogP contribution in [0.3, 0.4) is 0 Å². The number of rotatable bonds is 8. The fourth-order valence-electron chi connectivity index (χ4n) is 1.81. The van der Waals surface area contributed by atoms with E-state index in [9.17, 15) is 14.9 Å². The molecular formula is C14H18Cl3N3O3. The highest BCUT2D eigenvalue weighted by molar-refractivity contribution is 6.68. The molecule has 0 heterocycles. The summed E-state index contributed by atoms with van der Waals surface area (Å²) in [7, 11) is 0. The van der Waals surface area contributed by atoms with E-state index < -0.39 is 14.9 Å². The van der Waals surface area contributed by atoms with Gasteiger partial charge in [-0.3, -0.25) is 14.9 Å². The summed E-state index contributed by atoms with van der Waals surface area (Å²) in [6.07, 6.45) is 2.09. The third-order valence-corrected chi connectivity index (χ3v) is 3.68. The first-order valence-electron chi connectivity index (χ1n) is 7.11. The first-order valence-corrected chi connectivity index (χ1v) is 8.24. The van der Waals surface area contributed by atoms with Crippen molar-refractivity contribution < 1.29 is 9.72 Å². The fourth-order valence-corrected chi connectivity index (χ4v) is 2.14. The largest absolute Gasteiger partial charge is 0.362 e. The Labute approximate surface area is 149 Å². The Kier molecular flexibility index (Phi) is 7.88. The van der Waals surface area contributed by atoms with Crippen molar-refractivity contribution in [2.45, 2.75) is 42.6 Å². The minimum Gasteiger partial charge on any atom is -0.362 e. The minimum absolute atomic E-state index is 0.0513. The molecule has 1 amide bonds. The predicted molar refractivity (Wildman–Crippen MR) is 93.1 cm³/mol. The Hall–Kier alpha value is -1.24. The average Bonchev–Trinajstić information content (AvgIpc) is 2.46. The Bertz CT molecular complexity index is 532. The Morgan fingerprint density at radius 1 is 1.26 bits per heavy atom. The number of hydrogen-bond acceptors (Lipinski definition) is 4. The van der Waals surface area contributed by atoms with E-state index in [2.05, 4.69) is 10.6 Å². The van der Waals surface area contributed by atoms with Crippen LogP contribution in [0.1, 0.15) is 32.6 Å². The molecule has 0 radical (unpaired) electrons. The number of unbranched alkanes of at least 4 members (excludes halogenated alkanes) is 2. The van der Waals surface area contributed by atoms with Crippen molar-refractivity contribution in [2.24, 2.45) is 0 Å². The molecule has 0 aliphatic rings. The number of nitro groups is 1. The molecule has 128 valence electrons. The monoisotopic (exact) mass is 381 g/mol. The van der Waals surface area contributed by atoms with E-state index >= 15 is 0 Å². The van der Waals surface area contributed by atoms with Crippen LogP contribution >= 0.6 is 34.8 Å². The first kappa shape index (κ1) is 19.8. The lowest BCUT2D eigenvalue weighted by Crippen LogP contribution is -2.49. The van der Waals surface area contributed by atoms with Gasteiger partial charge >= 0.3 is 0 Å². The van der Waals surface area contributed by atoms with Gasteiger partial charge in [0.2, 0.25) is 9.70 Å². The zero-order chi connectivity index (χ0) is 17.5. The number of carbonyl (C=O) groups excluding carboxylic acids is 1. The molecule has 1 unspecified atom stereocenters. The third-order valence-electron chi connectivity index (χ3n) is 3.03. The number of nitrogens with one attached hydrogen (secondary N) is 2. The van der Waals surface area contributed by atoms with Gasteiger partial charge in [-0.15, -0.1) is 0 Å². The van der Waals surface area contributed by atoms with E-state index in [1.54, 1.807) is 0 Å². The summed E-state index contributed by atoms with van der Waals surface area (Å²) >= 11 is 17.6. The number of anilines is 1. The molecule has 1 atom stereocenters. The van der Waals surface area contributed by atoms with E-state index in [4.69, 9.17) is 34.8 Å². The van der Waals surface area contributed by atoms with E-state index in [1.807, 2.05) is 6.92 Å². The lowest BCUT2D eigenvalue weighted by molar-refractivity contribution is -0.384. The molecule has 1 rings (SSSR count). The summed E-state index contributed by atoms with van der Waals surface area (Å²) in [6.45, 7) is 2.04. The maximum Gasteiger partial charge on any atom is 0.269 e. The Morgan fingerprint density at radius 3 is 2.35 bits per heavy atom. The summed E-state index contributed by atoms with van der Waals surface area (Å²) < 4.78 is -1.78. The van der Waals surface area contributed by atoms with Crippen LogP contribution in [0.2, 0.25) is 0 Å². The number of non-ortho nitro benzene ring substituents is 1. The molecule has 23 heavy (non-hydrogen) atoms. The SMILES string of the molecule is CCCCCC(=O)NC(Nc1ccc([N+](=O)[O-])cc1)C(Cl)(Cl)Cl. The van der Waals surface area contributed by atoms with Gasteiger partial charge in [0, 0.05) is 24.2 Å².